The maximum Gasteiger partial charge on any atom is 0.312 e. The van der Waals surface area contributed by atoms with E-state index in [1.165, 1.54) is 0 Å². The second-order valence-electron chi connectivity index (χ2n) is 4.15. The summed E-state index contributed by atoms with van der Waals surface area (Å²) in [4.78, 5) is 0. The van der Waals surface area contributed by atoms with E-state index in [4.69, 9.17) is 14.6 Å². The smallest absolute Gasteiger partial charge is 0.312 e. The SMILES string of the molecule is C=C(C)CCOCC(CC)OC(CO)S(=O)(=O)ON. The van der Waals surface area contributed by atoms with Crippen molar-refractivity contribution in [3.63, 3.8) is 0 Å². The van der Waals surface area contributed by atoms with Crippen LogP contribution in [-0.4, -0.2) is 44.9 Å². The fraction of sp³-hybridized carbons (Fsp3) is 0.818. The third kappa shape index (κ3) is 7.61. The minimum atomic E-state index is -4.12. The molecule has 0 rings (SSSR count). The zero-order valence-electron chi connectivity index (χ0n) is 11.4. The Balaban J connectivity index is 4.26. The summed E-state index contributed by atoms with van der Waals surface area (Å²) in [6, 6.07) is 0. The summed E-state index contributed by atoms with van der Waals surface area (Å²) in [5, 5.41) is 8.99. The van der Waals surface area contributed by atoms with Gasteiger partial charge in [-0.2, -0.15) is 18.6 Å². The van der Waals surface area contributed by atoms with Crippen molar-refractivity contribution < 1.29 is 27.3 Å². The van der Waals surface area contributed by atoms with Crippen molar-refractivity contribution in [2.45, 2.75) is 38.2 Å². The Hall–Kier alpha value is -0.510. The predicted molar refractivity (Wildman–Crippen MR) is 70.5 cm³/mol. The molecule has 0 fully saturated rings. The maximum absolute atomic E-state index is 11.3. The van der Waals surface area contributed by atoms with Crippen molar-refractivity contribution in [3.05, 3.63) is 12.2 Å². The van der Waals surface area contributed by atoms with Gasteiger partial charge in [0.05, 0.1) is 25.9 Å². The third-order valence-electron chi connectivity index (χ3n) is 2.38. The van der Waals surface area contributed by atoms with E-state index in [0.717, 1.165) is 12.0 Å². The summed E-state index contributed by atoms with van der Waals surface area (Å²) in [7, 11) is -4.12. The molecule has 8 heteroatoms. The molecular formula is C11H23NO6S. The molecule has 7 nitrogen and oxygen atoms in total. The zero-order chi connectivity index (χ0) is 14.9. The molecule has 0 aromatic heterocycles. The van der Waals surface area contributed by atoms with E-state index in [-0.39, 0.29) is 6.61 Å². The van der Waals surface area contributed by atoms with Crippen molar-refractivity contribution in [2.24, 2.45) is 5.90 Å². The molecule has 0 heterocycles. The summed E-state index contributed by atoms with van der Waals surface area (Å²) < 4.78 is 37.0. The number of hydrogen-bond acceptors (Lipinski definition) is 7. The number of ether oxygens (including phenoxy) is 2. The largest absolute Gasteiger partial charge is 0.392 e. The van der Waals surface area contributed by atoms with E-state index >= 15 is 0 Å². The van der Waals surface area contributed by atoms with Gasteiger partial charge in [-0.3, -0.25) is 0 Å². The molecule has 0 saturated heterocycles. The molecule has 114 valence electrons. The van der Waals surface area contributed by atoms with Crippen LogP contribution in [0.3, 0.4) is 0 Å². The number of aliphatic hydroxyl groups excluding tert-OH is 1. The van der Waals surface area contributed by atoms with Crippen LogP contribution in [0.2, 0.25) is 0 Å². The molecule has 0 aliphatic rings. The van der Waals surface area contributed by atoms with Gasteiger partial charge in [-0.15, -0.1) is 6.58 Å². The van der Waals surface area contributed by atoms with E-state index in [9.17, 15) is 8.42 Å². The second-order valence-corrected chi connectivity index (χ2v) is 5.85. The van der Waals surface area contributed by atoms with Gasteiger partial charge in [0.15, 0.2) is 0 Å². The lowest BCUT2D eigenvalue weighted by Gasteiger charge is -2.21. The van der Waals surface area contributed by atoms with Gasteiger partial charge in [0, 0.05) is 0 Å². The fourth-order valence-electron chi connectivity index (χ4n) is 1.19. The number of hydrogen-bond donors (Lipinski definition) is 2. The Labute approximate surface area is 114 Å². The molecule has 2 unspecified atom stereocenters. The second kappa shape index (κ2) is 9.40. The molecule has 0 aromatic carbocycles. The van der Waals surface area contributed by atoms with Crippen molar-refractivity contribution >= 4 is 10.1 Å². The fourth-order valence-corrected chi connectivity index (χ4v) is 1.79. The van der Waals surface area contributed by atoms with Crippen LogP contribution >= 0.6 is 0 Å². The molecule has 3 N–H and O–H groups in total. The molecular weight excluding hydrogens is 274 g/mol. The molecule has 19 heavy (non-hydrogen) atoms. The Morgan fingerprint density at radius 3 is 2.53 bits per heavy atom. The highest BCUT2D eigenvalue weighted by atomic mass is 32.2. The zero-order valence-corrected chi connectivity index (χ0v) is 12.2. The Kier molecular flexibility index (Phi) is 9.15. The molecule has 0 aliphatic heterocycles. The lowest BCUT2D eigenvalue weighted by molar-refractivity contribution is -0.0482. The molecule has 0 aliphatic carbocycles. The predicted octanol–water partition coefficient (Wildman–Crippen LogP) is 0.303. The molecule has 0 amide bonds. The first kappa shape index (κ1) is 18.5. The van der Waals surface area contributed by atoms with Crippen LogP contribution in [0, 0.1) is 0 Å². The first-order chi connectivity index (χ1) is 8.87. The lowest BCUT2D eigenvalue weighted by atomic mass is 10.2. The molecule has 0 radical (unpaired) electrons. The third-order valence-corrected chi connectivity index (χ3v) is 3.55. The van der Waals surface area contributed by atoms with E-state index < -0.39 is 28.3 Å². The molecule has 0 aromatic rings. The average molecular weight is 297 g/mol. The molecule has 2 atom stereocenters. The highest BCUT2D eigenvalue weighted by molar-refractivity contribution is 7.87. The van der Waals surface area contributed by atoms with Crippen molar-refractivity contribution in [1.82, 2.24) is 0 Å². The van der Waals surface area contributed by atoms with Crippen LogP contribution in [0.25, 0.3) is 0 Å². The summed E-state index contributed by atoms with van der Waals surface area (Å²) in [5.74, 6) is 4.63. The van der Waals surface area contributed by atoms with Gasteiger partial charge in [0.1, 0.15) is 0 Å². The Morgan fingerprint density at radius 2 is 2.11 bits per heavy atom. The Bertz CT molecular complexity index is 356. The Morgan fingerprint density at radius 1 is 1.47 bits per heavy atom. The van der Waals surface area contributed by atoms with Gasteiger partial charge in [0.25, 0.3) is 0 Å². The van der Waals surface area contributed by atoms with Crippen LogP contribution in [0.15, 0.2) is 12.2 Å². The topological polar surface area (TPSA) is 108 Å². The molecule has 0 saturated carbocycles. The van der Waals surface area contributed by atoms with Gasteiger partial charge < -0.3 is 14.6 Å². The van der Waals surface area contributed by atoms with Crippen molar-refractivity contribution in [2.75, 3.05) is 19.8 Å². The highest BCUT2D eigenvalue weighted by Gasteiger charge is 2.28. The van der Waals surface area contributed by atoms with Gasteiger partial charge in [-0.25, -0.2) is 0 Å². The first-order valence-corrected chi connectivity index (χ1v) is 7.45. The van der Waals surface area contributed by atoms with Crippen LogP contribution in [0.5, 0.6) is 0 Å². The maximum atomic E-state index is 11.3. The van der Waals surface area contributed by atoms with Gasteiger partial charge in [-0.1, -0.05) is 12.5 Å². The number of rotatable bonds is 11. The monoisotopic (exact) mass is 297 g/mol. The normalized spacial score (nSPS) is 15.2. The summed E-state index contributed by atoms with van der Waals surface area (Å²) in [6.45, 7) is 7.43. The van der Waals surface area contributed by atoms with Crippen molar-refractivity contribution in [3.8, 4) is 0 Å². The average Bonchev–Trinajstić information content (AvgIpc) is 2.37. The van der Waals surface area contributed by atoms with E-state index in [1.54, 1.807) is 0 Å². The summed E-state index contributed by atoms with van der Waals surface area (Å²) in [5.41, 5.74) is -0.506. The standard InChI is InChI=1S/C11H23NO6S/c1-4-10(8-16-6-5-9(2)3)17-11(7-13)19(14,15)18-12/h10-11,13H,2,4-8,12H2,1,3H3. The minimum absolute atomic E-state index is 0.223. The molecule has 0 bridgehead atoms. The highest BCUT2D eigenvalue weighted by Crippen LogP contribution is 2.10. The van der Waals surface area contributed by atoms with Crippen molar-refractivity contribution in [1.29, 1.82) is 0 Å². The summed E-state index contributed by atoms with van der Waals surface area (Å²) in [6.07, 6.45) is 0.792. The quantitative estimate of drug-likeness (QED) is 0.321. The van der Waals surface area contributed by atoms with Gasteiger partial charge >= 0.3 is 10.1 Å². The van der Waals surface area contributed by atoms with Gasteiger partial charge in [-0.05, 0) is 19.8 Å². The van der Waals surface area contributed by atoms with Crippen LogP contribution in [0.1, 0.15) is 26.7 Å². The molecule has 0 spiro atoms. The minimum Gasteiger partial charge on any atom is -0.392 e. The lowest BCUT2D eigenvalue weighted by Crippen LogP contribution is -2.36. The van der Waals surface area contributed by atoms with E-state index in [2.05, 4.69) is 16.8 Å². The van der Waals surface area contributed by atoms with E-state index in [1.807, 2.05) is 13.8 Å². The number of nitrogens with two attached hydrogens (primary N) is 1. The van der Waals surface area contributed by atoms with E-state index in [0.29, 0.717) is 13.0 Å². The van der Waals surface area contributed by atoms with Crippen LogP contribution in [0.4, 0.5) is 0 Å². The van der Waals surface area contributed by atoms with Gasteiger partial charge in [0.2, 0.25) is 5.44 Å². The van der Waals surface area contributed by atoms with Crippen LogP contribution < -0.4 is 5.90 Å². The first-order valence-electron chi connectivity index (χ1n) is 5.98. The number of aliphatic hydroxyl groups is 1. The van der Waals surface area contributed by atoms with Crippen LogP contribution in [-0.2, 0) is 23.9 Å². The summed E-state index contributed by atoms with van der Waals surface area (Å²) >= 11 is 0.